The molecule has 0 amide bonds. The van der Waals surface area contributed by atoms with E-state index in [9.17, 15) is 46.8 Å². The minimum absolute atomic E-state index is 0.339. The molecule has 0 heterocycles. The van der Waals surface area contributed by atoms with Crippen molar-refractivity contribution in [3.63, 3.8) is 0 Å². The summed E-state index contributed by atoms with van der Waals surface area (Å²) in [5, 5.41) is 38.7. The molecule has 2 aliphatic carbocycles. The molecule has 4 nitrogen and oxygen atoms in total. The summed E-state index contributed by atoms with van der Waals surface area (Å²) < 4.78 is 78.7. The fourth-order valence-corrected chi connectivity index (χ4v) is 3.99. The molecule has 2 saturated carbocycles. The van der Waals surface area contributed by atoms with Crippen molar-refractivity contribution >= 4 is 0 Å². The average molecular weight is 352 g/mol. The van der Waals surface area contributed by atoms with Gasteiger partial charge in [0.25, 0.3) is 0 Å². The topological polar surface area (TPSA) is 80.9 Å². The fourth-order valence-electron chi connectivity index (χ4n) is 3.99. The predicted molar refractivity (Wildman–Crippen MR) is 64.0 cm³/mol. The molecule has 0 aromatic carbocycles. The summed E-state index contributed by atoms with van der Waals surface area (Å²) in [5.74, 6) is -4.06. The Bertz CT molecular complexity index is 427. The van der Waals surface area contributed by atoms with Crippen LogP contribution >= 0.6 is 0 Å². The number of hydrogen-bond acceptors (Lipinski definition) is 4. The van der Waals surface area contributed by atoms with Gasteiger partial charge in [0.1, 0.15) is 11.3 Å². The average Bonchev–Trinajstić information content (AvgIpc) is 2.79. The number of aliphatic hydroxyl groups is 4. The molecule has 23 heavy (non-hydrogen) atoms. The first-order chi connectivity index (χ1) is 10.3. The van der Waals surface area contributed by atoms with Gasteiger partial charge in [-0.2, -0.15) is 26.3 Å². The highest BCUT2D eigenvalue weighted by molar-refractivity contribution is 5.07. The van der Waals surface area contributed by atoms with Crippen LogP contribution < -0.4 is 0 Å². The van der Waals surface area contributed by atoms with E-state index in [1.807, 2.05) is 0 Å². The second-order valence-corrected chi connectivity index (χ2v) is 6.47. The van der Waals surface area contributed by atoms with E-state index in [0.717, 1.165) is 0 Å². The van der Waals surface area contributed by atoms with E-state index in [-0.39, 0.29) is 12.8 Å². The van der Waals surface area contributed by atoms with Crippen LogP contribution in [0, 0.1) is 17.3 Å². The van der Waals surface area contributed by atoms with Gasteiger partial charge in [0.05, 0.1) is 24.4 Å². The number of alkyl halides is 6. The Balaban J connectivity index is 2.29. The van der Waals surface area contributed by atoms with E-state index in [1.165, 1.54) is 0 Å². The quantitative estimate of drug-likeness (QED) is 0.566. The zero-order valence-electron chi connectivity index (χ0n) is 11.8. The molecular formula is C13H18F6O4. The summed E-state index contributed by atoms with van der Waals surface area (Å²) >= 11 is 0. The van der Waals surface area contributed by atoms with Gasteiger partial charge in [-0.25, -0.2) is 0 Å². The molecule has 0 spiro atoms. The summed E-state index contributed by atoms with van der Waals surface area (Å²) in [7, 11) is 0. The molecule has 6 unspecified atom stereocenters. The van der Waals surface area contributed by atoms with Gasteiger partial charge in [-0.05, 0) is 31.6 Å². The van der Waals surface area contributed by atoms with Gasteiger partial charge >= 0.3 is 12.4 Å². The highest BCUT2D eigenvalue weighted by Crippen LogP contribution is 2.57. The van der Waals surface area contributed by atoms with Crippen molar-refractivity contribution < 1.29 is 46.8 Å². The van der Waals surface area contributed by atoms with Gasteiger partial charge < -0.3 is 20.4 Å². The maximum Gasteiger partial charge on any atom is 0.399 e. The van der Waals surface area contributed by atoms with Gasteiger partial charge in [0.15, 0.2) is 0 Å². The van der Waals surface area contributed by atoms with Crippen LogP contribution in [0.4, 0.5) is 26.3 Å². The third-order valence-electron chi connectivity index (χ3n) is 5.22. The summed E-state index contributed by atoms with van der Waals surface area (Å²) in [5.41, 5.74) is -2.99. The van der Waals surface area contributed by atoms with Crippen LogP contribution in [0.25, 0.3) is 0 Å². The number of hydrogen-bond donors (Lipinski definition) is 4. The highest BCUT2D eigenvalue weighted by Gasteiger charge is 2.68. The molecule has 6 atom stereocenters. The molecule has 0 bridgehead atoms. The van der Waals surface area contributed by atoms with E-state index in [4.69, 9.17) is 0 Å². The van der Waals surface area contributed by atoms with Gasteiger partial charge in [-0.3, -0.25) is 0 Å². The second kappa shape index (κ2) is 5.75. The Morgan fingerprint density at radius 2 is 1.35 bits per heavy atom. The van der Waals surface area contributed by atoms with Crippen LogP contribution in [-0.4, -0.2) is 57.2 Å². The molecule has 2 fully saturated rings. The summed E-state index contributed by atoms with van der Waals surface area (Å²) in [4.78, 5) is 0. The Morgan fingerprint density at radius 1 is 0.870 bits per heavy atom. The second-order valence-electron chi connectivity index (χ2n) is 6.47. The lowest BCUT2D eigenvalue weighted by atomic mass is 9.72. The van der Waals surface area contributed by atoms with Crippen molar-refractivity contribution in [3.8, 4) is 0 Å². The van der Waals surface area contributed by atoms with E-state index in [2.05, 4.69) is 0 Å². The van der Waals surface area contributed by atoms with E-state index in [0.29, 0.717) is 0 Å². The Hall–Kier alpha value is -0.580. The molecule has 0 radical (unpaired) electrons. The molecular weight excluding hydrogens is 334 g/mol. The zero-order chi connectivity index (χ0) is 17.8. The minimum Gasteiger partial charge on any atom is -0.392 e. The molecule has 4 N–H and O–H groups in total. The summed E-state index contributed by atoms with van der Waals surface area (Å²) in [6.07, 6.45) is -20.6. The molecule has 0 aliphatic heterocycles. The maximum absolute atomic E-state index is 13.4. The van der Waals surface area contributed by atoms with Gasteiger partial charge in [0, 0.05) is 0 Å². The van der Waals surface area contributed by atoms with Crippen molar-refractivity contribution in [2.45, 2.75) is 62.5 Å². The molecule has 2 rings (SSSR count). The normalized spacial score (nSPS) is 45.7. The third-order valence-corrected chi connectivity index (χ3v) is 5.22. The monoisotopic (exact) mass is 352 g/mol. The van der Waals surface area contributed by atoms with E-state index in [1.54, 1.807) is 0 Å². The minimum atomic E-state index is -5.05. The van der Waals surface area contributed by atoms with Gasteiger partial charge in [-0.1, -0.05) is 0 Å². The standard InChI is InChI=1S/C13H18F6O4/c14-12(15,16)9-6(20)3-5(10(9)23)4-11(13(17,18)19)7(21)1-2-8(11)22/h5-10,20-23H,1-4H2. The van der Waals surface area contributed by atoms with Crippen LogP contribution in [0.1, 0.15) is 25.7 Å². The first-order valence-electron chi connectivity index (χ1n) is 7.18. The molecule has 0 saturated heterocycles. The van der Waals surface area contributed by atoms with E-state index < -0.39 is 66.9 Å². The Morgan fingerprint density at radius 3 is 1.70 bits per heavy atom. The molecule has 10 heteroatoms. The Kier molecular flexibility index (Phi) is 4.69. The molecule has 0 aromatic heterocycles. The van der Waals surface area contributed by atoms with Gasteiger partial charge in [-0.15, -0.1) is 0 Å². The molecule has 136 valence electrons. The number of rotatable bonds is 2. The predicted octanol–water partition coefficient (Wildman–Crippen LogP) is 1.36. The highest BCUT2D eigenvalue weighted by atomic mass is 19.4. The zero-order valence-corrected chi connectivity index (χ0v) is 11.8. The van der Waals surface area contributed by atoms with Crippen molar-refractivity contribution in [1.29, 1.82) is 0 Å². The van der Waals surface area contributed by atoms with Crippen LogP contribution in [0.2, 0.25) is 0 Å². The van der Waals surface area contributed by atoms with Crippen LogP contribution in [0.5, 0.6) is 0 Å². The lowest BCUT2D eigenvalue weighted by molar-refractivity contribution is -0.279. The van der Waals surface area contributed by atoms with Gasteiger partial charge in [0.2, 0.25) is 0 Å². The molecule has 2 aliphatic rings. The Labute approximate surface area is 127 Å². The smallest absolute Gasteiger partial charge is 0.392 e. The summed E-state index contributed by atoms with van der Waals surface area (Å²) in [6, 6.07) is 0. The van der Waals surface area contributed by atoms with Crippen molar-refractivity contribution in [3.05, 3.63) is 0 Å². The number of halogens is 6. The summed E-state index contributed by atoms with van der Waals surface area (Å²) in [6.45, 7) is 0. The first-order valence-corrected chi connectivity index (χ1v) is 7.18. The van der Waals surface area contributed by atoms with Crippen molar-refractivity contribution in [2.24, 2.45) is 17.3 Å². The largest absolute Gasteiger partial charge is 0.399 e. The third kappa shape index (κ3) is 2.94. The van der Waals surface area contributed by atoms with Crippen LogP contribution in [0.3, 0.4) is 0 Å². The first kappa shape index (κ1) is 18.8. The van der Waals surface area contributed by atoms with Crippen LogP contribution in [-0.2, 0) is 0 Å². The fraction of sp³-hybridized carbons (Fsp3) is 1.00. The lowest BCUT2D eigenvalue weighted by Gasteiger charge is -2.40. The molecule has 0 aromatic rings. The SMILES string of the molecule is OC1CC(CC2(C(F)(F)F)C(O)CCC2O)C(O)C1C(F)(F)F. The number of aliphatic hydroxyl groups excluding tert-OH is 4. The van der Waals surface area contributed by atoms with Crippen molar-refractivity contribution in [1.82, 2.24) is 0 Å². The maximum atomic E-state index is 13.4. The lowest BCUT2D eigenvalue weighted by Crippen LogP contribution is -2.53. The van der Waals surface area contributed by atoms with E-state index >= 15 is 0 Å². The van der Waals surface area contributed by atoms with Crippen LogP contribution in [0.15, 0.2) is 0 Å². The van der Waals surface area contributed by atoms with Crippen molar-refractivity contribution in [2.75, 3.05) is 0 Å².